The Hall–Kier alpha value is -1.19. The summed E-state index contributed by atoms with van der Waals surface area (Å²) in [5.41, 5.74) is 1.61. The van der Waals surface area contributed by atoms with Crippen LogP contribution in [0.1, 0.15) is 33.9 Å². The normalized spacial score (nSPS) is 12.7. The Kier molecular flexibility index (Phi) is 4.15. The molecular formula is C15H17FOS. The summed E-state index contributed by atoms with van der Waals surface area (Å²) in [6.07, 6.45) is 1.06. The molecule has 1 aromatic heterocycles. The largest absolute Gasteiger partial charge is 0.388 e. The number of aliphatic hydroxyl groups is 1. The van der Waals surface area contributed by atoms with Gasteiger partial charge >= 0.3 is 0 Å². The van der Waals surface area contributed by atoms with Gasteiger partial charge in [-0.3, -0.25) is 0 Å². The molecule has 1 heterocycles. The molecule has 0 saturated carbocycles. The van der Waals surface area contributed by atoms with E-state index in [0.717, 1.165) is 17.5 Å². The van der Waals surface area contributed by atoms with Gasteiger partial charge in [-0.25, -0.2) is 4.39 Å². The van der Waals surface area contributed by atoms with Crippen LogP contribution in [0.5, 0.6) is 0 Å². The molecule has 0 bridgehead atoms. The lowest BCUT2D eigenvalue weighted by Gasteiger charge is -2.12. The van der Waals surface area contributed by atoms with Crippen LogP contribution in [-0.4, -0.2) is 5.11 Å². The van der Waals surface area contributed by atoms with E-state index >= 15 is 0 Å². The summed E-state index contributed by atoms with van der Waals surface area (Å²) >= 11 is 1.73. The van der Waals surface area contributed by atoms with Gasteiger partial charge in [0.2, 0.25) is 0 Å². The van der Waals surface area contributed by atoms with Crippen molar-refractivity contribution >= 4 is 11.3 Å². The van der Waals surface area contributed by atoms with Gasteiger partial charge in [0.15, 0.2) is 0 Å². The minimum atomic E-state index is -0.561. The van der Waals surface area contributed by atoms with Crippen molar-refractivity contribution in [1.29, 1.82) is 0 Å². The second-order valence-electron chi connectivity index (χ2n) is 4.44. The van der Waals surface area contributed by atoms with Crippen molar-refractivity contribution in [2.45, 2.75) is 32.8 Å². The average molecular weight is 264 g/mol. The zero-order valence-electron chi connectivity index (χ0n) is 10.6. The van der Waals surface area contributed by atoms with Gasteiger partial charge in [-0.1, -0.05) is 13.0 Å². The Morgan fingerprint density at radius 3 is 2.56 bits per heavy atom. The second-order valence-corrected chi connectivity index (χ2v) is 5.70. The van der Waals surface area contributed by atoms with Gasteiger partial charge < -0.3 is 5.11 Å². The first-order valence-corrected chi connectivity index (χ1v) is 6.93. The molecule has 96 valence electrons. The van der Waals surface area contributed by atoms with Crippen LogP contribution in [0.2, 0.25) is 0 Å². The quantitative estimate of drug-likeness (QED) is 0.883. The fourth-order valence-electron chi connectivity index (χ4n) is 2.04. The van der Waals surface area contributed by atoms with Crippen LogP contribution >= 0.6 is 11.3 Å². The fraction of sp³-hybridized carbons (Fsp3) is 0.333. The summed E-state index contributed by atoms with van der Waals surface area (Å²) in [6, 6.07) is 8.70. The lowest BCUT2D eigenvalue weighted by Crippen LogP contribution is -2.03. The Balaban J connectivity index is 2.13. The van der Waals surface area contributed by atoms with Crippen LogP contribution in [0.15, 0.2) is 30.3 Å². The van der Waals surface area contributed by atoms with Gasteiger partial charge in [0.1, 0.15) is 5.82 Å². The highest BCUT2D eigenvalue weighted by Gasteiger charge is 2.13. The summed E-state index contributed by atoms with van der Waals surface area (Å²) in [5.74, 6) is -0.257. The topological polar surface area (TPSA) is 20.2 Å². The average Bonchev–Trinajstić information content (AvgIpc) is 2.76. The molecule has 1 aromatic carbocycles. The third-order valence-electron chi connectivity index (χ3n) is 3.05. The molecule has 3 heteroatoms. The van der Waals surface area contributed by atoms with Crippen molar-refractivity contribution in [1.82, 2.24) is 0 Å². The van der Waals surface area contributed by atoms with Crippen LogP contribution in [0.25, 0.3) is 0 Å². The van der Waals surface area contributed by atoms with Crippen molar-refractivity contribution in [2.75, 3.05) is 0 Å². The maximum atomic E-state index is 13.0. The Bertz CT molecular complexity index is 533. The minimum Gasteiger partial charge on any atom is -0.388 e. The van der Waals surface area contributed by atoms with Gasteiger partial charge in [-0.15, -0.1) is 11.3 Å². The molecule has 0 saturated heterocycles. The van der Waals surface area contributed by atoms with E-state index in [1.165, 1.54) is 21.9 Å². The molecule has 18 heavy (non-hydrogen) atoms. The van der Waals surface area contributed by atoms with Crippen LogP contribution in [0.4, 0.5) is 4.39 Å². The van der Waals surface area contributed by atoms with E-state index in [9.17, 15) is 9.50 Å². The van der Waals surface area contributed by atoms with Gasteiger partial charge in [0.25, 0.3) is 0 Å². The summed E-state index contributed by atoms with van der Waals surface area (Å²) in [6.45, 7) is 3.95. The van der Waals surface area contributed by atoms with Gasteiger partial charge in [-0.05, 0) is 48.7 Å². The fourth-order valence-corrected chi connectivity index (χ4v) is 3.03. The second kappa shape index (κ2) is 5.63. The van der Waals surface area contributed by atoms with Crippen molar-refractivity contribution in [3.63, 3.8) is 0 Å². The van der Waals surface area contributed by atoms with Crippen LogP contribution in [0.3, 0.4) is 0 Å². The number of benzene rings is 1. The predicted molar refractivity (Wildman–Crippen MR) is 73.5 cm³/mol. The van der Waals surface area contributed by atoms with Crippen LogP contribution in [-0.2, 0) is 12.8 Å². The minimum absolute atomic E-state index is 0.257. The van der Waals surface area contributed by atoms with E-state index in [1.807, 2.05) is 6.92 Å². The number of hydrogen-bond donors (Lipinski definition) is 1. The van der Waals surface area contributed by atoms with Crippen molar-refractivity contribution in [3.05, 3.63) is 57.0 Å². The number of rotatable bonds is 4. The first kappa shape index (κ1) is 13.2. The SMILES string of the molecule is CCc1ccc(CC(O)c2ccc(F)cc2C)s1. The van der Waals surface area contributed by atoms with Crippen molar-refractivity contribution in [2.24, 2.45) is 0 Å². The molecule has 1 unspecified atom stereocenters. The summed E-state index contributed by atoms with van der Waals surface area (Å²) in [4.78, 5) is 2.50. The van der Waals surface area contributed by atoms with E-state index in [0.29, 0.717) is 6.42 Å². The lowest BCUT2D eigenvalue weighted by atomic mass is 10.0. The molecule has 1 N–H and O–H groups in total. The van der Waals surface area contributed by atoms with Crippen LogP contribution < -0.4 is 0 Å². The van der Waals surface area contributed by atoms with E-state index in [4.69, 9.17) is 0 Å². The molecular weight excluding hydrogens is 247 g/mol. The number of aryl methyl sites for hydroxylation is 2. The number of halogens is 1. The maximum Gasteiger partial charge on any atom is 0.123 e. The third kappa shape index (κ3) is 2.98. The monoisotopic (exact) mass is 264 g/mol. The summed E-state index contributed by atoms with van der Waals surface area (Å²) in [7, 11) is 0. The van der Waals surface area contributed by atoms with Gasteiger partial charge in [0, 0.05) is 16.2 Å². The summed E-state index contributed by atoms with van der Waals surface area (Å²) in [5, 5.41) is 10.2. The molecule has 2 aromatic rings. The Labute approximate surface area is 111 Å². The zero-order chi connectivity index (χ0) is 13.1. The summed E-state index contributed by atoms with van der Waals surface area (Å²) < 4.78 is 13.0. The number of thiophene rings is 1. The first-order chi connectivity index (χ1) is 8.60. The molecule has 0 spiro atoms. The lowest BCUT2D eigenvalue weighted by molar-refractivity contribution is 0.178. The predicted octanol–water partition coefficient (Wildman–Crippen LogP) is 4.03. The zero-order valence-corrected chi connectivity index (χ0v) is 11.4. The van der Waals surface area contributed by atoms with E-state index in [-0.39, 0.29) is 5.82 Å². The molecule has 1 atom stereocenters. The maximum absolute atomic E-state index is 13.0. The number of aliphatic hydroxyl groups excluding tert-OH is 1. The molecule has 0 fully saturated rings. The third-order valence-corrected chi connectivity index (χ3v) is 4.30. The standard InChI is InChI=1S/C15H17FOS/c1-3-12-5-6-13(18-12)9-15(17)14-7-4-11(16)8-10(14)2/h4-8,15,17H,3,9H2,1-2H3. The van der Waals surface area contributed by atoms with Crippen molar-refractivity contribution < 1.29 is 9.50 Å². The Morgan fingerprint density at radius 1 is 1.22 bits per heavy atom. The number of hydrogen-bond acceptors (Lipinski definition) is 2. The molecule has 0 amide bonds. The van der Waals surface area contributed by atoms with E-state index in [2.05, 4.69) is 19.1 Å². The van der Waals surface area contributed by atoms with E-state index < -0.39 is 6.10 Å². The highest BCUT2D eigenvalue weighted by atomic mass is 32.1. The highest BCUT2D eigenvalue weighted by molar-refractivity contribution is 7.11. The highest BCUT2D eigenvalue weighted by Crippen LogP contribution is 2.26. The smallest absolute Gasteiger partial charge is 0.123 e. The Morgan fingerprint density at radius 2 is 1.94 bits per heavy atom. The van der Waals surface area contributed by atoms with Gasteiger partial charge in [0.05, 0.1) is 6.10 Å². The molecule has 0 aliphatic rings. The van der Waals surface area contributed by atoms with Crippen molar-refractivity contribution in [3.8, 4) is 0 Å². The van der Waals surface area contributed by atoms with E-state index in [1.54, 1.807) is 17.4 Å². The molecule has 0 aliphatic carbocycles. The molecule has 0 radical (unpaired) electrons. The molecule has 1 nitrogen and oxygen atoms in total. The first-order valence-electron chi connectivity index (χ1n) is 6.12. The molecule has 2 rings (SSSR count). The van der Waals surface area contributed by atoms with Gasteiger partial charge in [-0.2, -0.15) is 0 Å². The van der Waals surface area contributed by atoms with Crippen LogP contribution in [0, 0.1) is 12.7 Å². The molecule has 0 aliphatic heterocycles.